The molecule has 302 valence electrons. The van der Waals surface area contributed by atoms with E-state index in [-0.39, 0.29) is 54.2 Å². The van der Waals surface area contributed by atoms with E-state index in [0.717, 1.165) is 57.7 Å². The molecule has 0 aliphatic carbocycles. The number of ether oxygens (including phenoxy) is 1. The van der Waals surface area contributed by atoms with Gasteiger partial charge in [0.2, 0.25) is 5.69 Å². The Morgan fingerprint density at radius 2 is 1.53 bits per heavy atom. The van der Waals surface area contributed by atoms with Crippen LogP contribution in [0.5, 0.6) is 5.75 Å². The van der Waals surface area contributed by atoms with Crippen LogP contribution >= 0.6 is 0 Å². The van der Waals surface area contributed by atoms with E-state index in [4.69, 9.17) is 9.84 Å². The van der Waals surface area contributed by atoms with Gasteiger partial charge in [-0.3, -0.25) is 4.79 Å². The molecule has 3 aromatic carbocycles. The van der Waals surface area contributed by atoms with Gasteiger partial charge in [-0.25, -0.2) is 16.8 Å². The van der Waals surface area contributed by atoms with Crippen LogP contribution < -0.4 is 39.2 Å². The fourth-order valence-electron chi connectivity index (χ4n) is 7.96. The quantitative estimate of drug-likeness (QED) is 0.0555. The van der Waals surface area contributed by atoms with E-state index < -0.39 is 43.1 Å². The number of nitrogens with zero attached hydrogens (tertiary/aromatic N) is 2. The topological polar surface area (TPSA) is 167 Å². The van der Waals surface area contributed by atoms with Gasteiger partial charge in [-0.2, -0.15) is 4.58 Å². The molecule has 0 radical (unpaired) electrons. The first-order valence-electron chi connectivity index (χ1n) is 19.3. The first kappa shape index (κ1) is 46.4. The molecule has 14 heteroatoms. The summed E-state index contributed by atoms with van der Waals surface area (Å²) < 4.78 is 76.2. The second-order valence-electron chi connectivity index (χ2n) is 15.6. The van der Waals surface area contributed by atoms with Crippen LogP contribution in [0.25, 0.3) is 10.8 Å². The maximum atomic E-state index is 11.3. The maximum Gasteiger partial charge on any atom is 1.00 e. The van der Waals surface area contributed by atoms with E-state index in [1.54, 1.807) is 0 Å². The summed E-state index contributed by atoms with van der Waals surface area (Å²) in [5.74, 6) is -0.886. The van der Waals surface area contributed by atoms with Gasteiger partial charge in [0, 0.05) is 65.4 Å². The van der Waals surface area contributed by atoms with Crippen molar-refractivity contribution in [1.82, 2.24) is 0 Å². The van der Waals surface area contributed by atoms with E-state index in [2.05, 4.69) is 73.6 Å². The molecular weight excluding hydrogens is 776 g/mol. The number of rotatable bonds is 20. The van der Waals surface area contributed by atoms with Gasteiger partial charge in [0.15, 0.2) is 5.71 Å². The number of anilines is 1. The zero-order valence-electron chi connectivity index (χ0n) is 33.7. The summed E-state index contributed by atoms with van der Waals surface area (Å²) in [6.45, 7) is 10.2. The molecule has 0 unspecified atom stereocenters. The van der Waals surface area contributed by atoms with Crippen molar-refractivity contribution in [3.8, 4) is 5.75 Å². The number of carboxylic acid groups (broad SMARTS) is 1. The van der Waals surface area contributed by atoms with Gasteiger partial charge in [-0.1, -0.05) is 56.3 Å². The molecule has 0 saturated carbocycles. The average molecular weight is 829 g/mol. The van der Waals surface area contributed by atoms with E-state index >= 15 is 0 Å². The standard InChI is InChI=1S/C43H54N2O9S2.Na/c1-42(2)35-31-33(54-28-14-6-9-21-40(46)47)23-25-36(35)44(26-12-15-29-55(48,49)50)38(42)19-7-5-8-20-39-43(3,4)41-34-18-11-10-17-32(34)22-24-37(41)45(39)27-13-16-30-56(51,52)53;/h5,7-8,10-11,17-20,22-25,31H,6,9,12-16,21,26-30H2,1-4H3,(H2-,46,47,48,49,50,51,52,53);/q;+1/p-1. The van der Waals surface area contributed by atoms with Crippen molar-refractivity contribution < 1.29 is 74.7 Å². The number of hydrogen-bond donors (Lipinski definition) is 1. The third-order valence-electron chi connectivity index (χ3n) is 10.7. The molecule has 0 aromatic heterocycles. The van der Waals surface area contributed by atoms with E-state index in [0.29, 0.717) is 39.0 Å². The molecule has 0 bridgehead atoms. The second kappa shape index (κ2) is 19.6. The summed E-state index contributed by atoms with van der Waals surface area (Å²) in [6, 6.07) is 18.5. The number of benzene rings is 3. The predicted octanol–water partition coefficient (Wildman–Crippen LogP) is 4.69. The van der Waals surface area contributed by atoms with Crippen LogP contribution in [0.3, 0.4) is 0 Å². The van der Waals surface area contributed by atoms with Gasteiger partial charge >= 0.3 is 35.5 Å². The van der Waals surface area contributed by atoms with Gasteiger partial charge in [0.05, 0.1) is 32.3 Å². The summed E-state index contributed by atoms with van der Waals surface area (Å²) >= 11 is 0. The number of fused-ring (bicyclic) bond motifs is 4. The summed E-state index contributed by atoms with van der Waals surface area (Å²) in [5.41, 5.74) is 5.57. The van der Waals surface area contributed by atoms with Crippen molar-refractivity contribution in [3.05, 3.63) is 102 Å². The minimum absolute atomic E-state index is 0. The second-order valence-corrected chi connectivity index (χ2v) is 18.6. The number of carbonyl (C=O) groups is 1. The summed E-state index contributed by atoms with van der Waals surface area (Å²) in [4.78, 5) is 13.0. The predicted molar refractivity (Wildman–Crippen MR) is 219 cm³/mol. The molecule has 2 aliphatic heterocycles. The summed E-state index contributed by atoms with van der Waals surface area (Å²) in [5, 5.41) is 11.2. The molecule has 1 N–H and O–H groups in total. The molecule has 2 heterocycles. The summed E-state index contributed by atoms with van der Waals surface area (Å²) in [6.07, 6.45) is 13.9. The van der Waals surface area contributed by atoms with Gasteiger partial charge in [0.1, 0.15) is 12.3 Å². The number of unbranched alkanes of at least 4 members (excludes halogenated alkanes) is 4. The Morgan fingerprint density at radius 3 is 2.23 bits per heavy atom. The van der Waals surface area contributed by atoms with Gasteiger partial charge in [-0.05, 0) is 99.0 Å². The number of aliphatic carboxylic acids is 1. The van der Waals surface area contributed by atoms with E-state index in [1.165, 1.54) is 5.56 Å². The average Bonchev–Trinajstić information content (AvgIpc) is 3.46. The van der Waals surface area contributed by atoms with E-state index in [9.17, 15) is 30.7 Å². The smallest absolute Gasteiger partial charge is 0.748 e. The van der Waals surface area contributed by atoms with Gasteiger partial charge < -0.3 is 23.8 Å². The van der Waals surface area contributed by atoms with Crippen LogP contribution in [0.2, 0.25) is 0 Å². The van der Waals surface area contributed by atoms with Crippen LogP contribution in [0.4, 0.5) is 11.4 Å². The molecule has 57 heavy (non-hydrogen) atoms. The Balaban J connectivity index is 0.00000720. The van der Waals surface area contributed by atoms with Crippen LogP contribution in [0.15, 0.2) is 90.7 Å². The Labute approximate surface area is 360 Å². The fraction of sp³-hybridized carbons (Fsp3) is 0.442. The Morgan fingerprint density at radius 1 is 0.825 bits per heavy atom. The first-order valence-corrected chi connectivity index (χ1v) is 22.4. The van der Waals surface area contributed by atoms with E-state index in [1.807, 2.05) is 48.6 Å². The van der Waals surface area contributed by atoms with Crippen LogP contribution in [-0.4, -0.2) is 78.5 Å². The number of allylic oxidation sites excluding steroid dienone is 6. The first-order chi connectivity index (χ1) is 26.4. The fourth-order valence-corrected chi connectivity index (χ4v) is 9.08. The Hall–Kier alpha value is -3.30. The van der Waals surface area contributed by atoms with Crippen LogP contribution in [0, 0.1) is 0 Å². The molecule has 0 amide bonds. The number of hydrogen-bond acceptors (Lipinski definition) is 9. The molecule has 3 aromatic rings. The van der Waals surface area contributed by atoms with Crippen molar-refractivity contribution in [3.63, 3.8) is 0 Å². The third-order valence-corrected chi connectivity index (χ3v) is 12.3. The monoisotopic (exact) mass is 828 g/mol. The third kappa shape index (κ3) is 11.9. The zero-order chi connectivity index (χ0) is 40.7. The zero-order valence-corrected chi connectivity index (χ0v) is 37.3. The number of carboxylic acids is 1. The van der Waals surface area contributed by atoms with Gasteiger partial charge in [-0.15, -0.1) is 0 Å². The summed E-state index contributed by atoms with van der Waals surface area (Å²) in [7, 11) is -8.60. The van der Waals surface area contributed by atoms with Crippen molar-refractivity contribution in [2.24, 2.45) is 0 Å². The molecule has 0 saturated heterocycles. The minimum Gasteiger partial charge on any atom is -0.748 e. The van der Waals surface area contributed by atoms with Gasteiger partial charge in [0.25, 0.3) is 0 Å². The molecule has 2 aliphatic rings. The van der Waals surface area contributed by atoms with Crippen LogP contribution in [0.1, 0.15) is 90.2 Å². The minimum atomic E-state index is -4.31. The largest absolute Gasteiger partial charge is 1.00 e. The van der Waals surface area contributed by atoms with Crippen molar-refractivity contribution in [1.29, 1.82) is 0 Å². The maximum absolute atomic E-state index is 11.3. The van der Waals surface area contributed by atoms with Crippen molar-refractivity contribution >= 4 is 54.1 Å². The molecule has 0 fully saturated rings. The Bertz CT molecular complexity index is 2280. The molecule has 5 rings (SSSR count). The van der Waals surface area contributed by atoms with Crippen molar-refractivity contribution in [2.75, 3.05) is 36.1 Å². The van der Waals surface area contributed by atoms with Crippen molar-refractivity contribution in [2.45, 2.75) is 89.9 Å². The molecule has 0 atom stereocenters. The Kier molecular flexibility index (Phi) is 16.0. The normalized spacial score (nSPS) is 16.8. The molecule has 0 spiro atoms. The molecule has 11 nitrogen and oxygen atoms in total. The SMILES string of the molecule is CC1(C)C(/C=C/C=C/C=C2/N(CCCCS(=O)(=O)[O-])c3ccc(OCCCCCC(=O)O)cc3C2(C)C)=[N+](CCCCS(=O)(=O)[O-])c2ccc3ccccc3c21.[Na+]. The van der Waals surface area contributed by atoms with Crippen LogP contribution in [-0.2, 0) is 35.9 Å². The molecular formula is C43H53N2NaO9S2.